The molecule has 0 spiro atoms. The summed E-state index contributed by atoms with van der Waals surface area (Å²) in [5.41, 5.74) is 2.88. The molecule has 0 bridgehead atoms. The molecule has 1 heterocycles. The van der Waals surface area contributed by atoms with Crippen molar-refractivity contribution < 1.29 is 4.74 Å². The van der Waals surface area contributed by atoms with Gasteiger partial charge in [-0.3, -0.25) is 4.90 Å². The van der Waals surface area contributed by atoms with Gasteiger partial charge in [-0.05, 0) is 48.1 Å². The van der Waals surface area contributed by atoms with E-state index < -0.39 is 0 Å². The van der Waals surface area contributed by atoms with Crippen LogP contribution in [0.5, 0.6) is 0 Å². The molecule has 0 aliphatic carbocycles. The van der Waals surface area contributed by atoms with E-state index in [-0.39, 0.29) is 0 Å². The molecule has 2 aromatic carbocycles. The van der Waals surface area contributed by atoms with Crippen LogP contribution in [-0.4, -0.2) is 50.2 Å². The predicted octanol–water partition coefficient (Wildman–Crippen LogP) is 2.73. The van der Waals surface area contributed by atoms with Gasteiger partial charge >= 0.3 is 0 Å². The average Bonchev–Trinajstić information content (AvgIpc) is 2.48. The molecule has 0 saturated carbocycles. The molecule has 0 radical (unpaired) electrons. The Labute approximate surface area is 127 Å². The van der Waals surface area contributed by atoms with Gasteiger partial charge in [-0.25, -0.2) is 0 Å². The summed E-state index contributed by atoms with van der Waals surface area (Å²) < 4.78 is 5.45. The van der Waals surface area contributed by atoms with Crippen molar-refractivity contribution in [3.05, 3.63) is 47.5 Å². The van der Waals surface area contributed by atoms with Crippen LogP contribution in [0.15, 0.2) is 36.4 Å². The molecular weight excluding hydrogens is 260 g/mol. The van der Waals surface area contributed by atoms with E-state index in [1.807, 2.05) is 0 Å². The largest absolute Gasteiger partial charge is 0.379 e. The Morgan fingerprint density at radius 2 is 1.62 bits per heavy atom. The summed E-state index contributed by atoms with van der Waals surface area (Å²) in [4.78, 5) is 4.74. The molecule has 3 rings (SSSR count). The Hall–Kier alpha value is -1.42. The Morgan fingerprint density at radius 3 is 2.24 bits per heavy atom. The second-order valence-corrected chi connectivity index (χ2v) is 6.09. The SMILES string of the molecule is CN(C)Cc1cc2ccccc2cc1CN1CCOCC1. The molecule has 0 amide bonds. The summed E-state index contributed by atoms with van der Waals surface area (Å²) in [6.45, 7) is 5.80. The van der Waals surface area contributed by atoms with Gasteiger partial charge in [0.25, 0.3) is 0 Å². The summed E-state index contributed by atoms with van der Waals surface area (Å²) in [6.07, 6.45) is 0. The minimum Gasteiger partial charge on any atom is -0.379 e. The quantitative estimate of drug-likeness (QED) is 0.858. The van der Waals surface area contributed by atoms with Crippen molar-refractivity contribution in [3.8, 4) is 0 Å². The molecular formula is C18H24N2O. The Kier molecular flexibility index (Phi) is 4.54. The molecule has 3 nitrogen and oxygen atoms in total. The normalized spacial score (nSPS) is 16.7. The molecule has 0 N–H and O–H groups in total. The Bertz CT molecular complexity index is 603. The van der Waals surface area contributed by atoms with Gasteiger partial charge in [0.1, 0.15) is 0 Å². The van der Waals surface area contributed by atoms with Crippen molar-refractivity contribution in [2.45, 2.75) is 13.1 Å². The summed E-state index contributed by atoms with van der Waals surface area (Å²) in [7, 11) is 4.27. The third-order valence-electron chi connectivity index (χ3n) is 4.05. The fourth-order valence-electron chi connectivity index (χ4n) is 2.97. The zero-order chi connectivity index (χ0) is 14.7. The number of rotatable bonds is 4. The van der Waals surface area contributed by atoms with Gasteiger partial charge in [-0.15, -0.1) is 0 Å². The third-order valence-corrected chi connectivity index (χ3v) is 4.05. The first kappa shape index (κ1) is 14.5. The Morgan fingerprint density at radius 1 is 1.00 bits per heavy atom. The smallest absolute Gasteiger partial charge is 0.0594 e. The molecule has 2 aromatic rings. The lowest BCUT2D eigenvalue weighted by Gasteiger charge is -2.28. The van der Waals surface area contributed by atoms with Crippen LogP contribution in [0.4, 0.5) is 0 Å². The highest BCUT2D eigenvalue weighted by Crippen LogP contribution is 2.22. The van der Waals surface area contributed by atoms with E-state index in [1.54, 1.807) is 0 Å². The highest BCUT2D eigenvalue weighted by atomic mass is 16.5. The maximum atomic E-state index is 5.45. The van der Waals surface area contributed by atoms with E-state index in [2.05, 4.69) is 60.3 Å². The average molecular weight is 284 g/mol. The second-order valence-electron chi connectivity index (χ2n) is 6.09. The first-order chi connectivity index (χ1) is 10.2. The minimum absolute atomic E-state index is 0.858. The molecule has 3 heteroatoms. The fourth-order valence-corrected chi connectivity index (χ4v) is 2.97. The van der Waals surface area contributed by atoms with E-state index in [0.717, 1.165) is 39.4 Å². The molecule has 0 aromatic heterocycles. The lowest BCUT2D eigenvalue weighted by Crippen LogP contribution is -2.36. The van der Waals surface area contributed by atoms with Crippen LogP contribution in [0.3, 0.4) is 0 Å². The van der Waals surface area contributed by atoms with Crippen molar-refractivity contribution in [1.82, 2.24) is 9.80 Å². The van der Waals surface area contributed by atoms with Crippen LogP contribution in [0.1, 0.15) is 11.1 Å². The van der Waals surface area contributed by atoms with E-state index in [9.17, 15) is 0 Å². The monoisotopic (exact) mass is 284 g/mol. The maximum absolute atomic E-state index is 5.45. The van der Waals surface area contributed by atoms with Crippen molar-refractivity contribution >= 4 is 10.8 Å². The zero-order valence-corrected chi connectivity index (χ0v) is 13.0. The van der Waals surface area contributed by atoms with Crippen LogP contribution >= 0.6 is 0 Å². The van der Waals surface area contributed by atoms with Crippen LogP contribution in [0, 0.1) is 0 Å². The molecule has 21 heavy (non-hydrogen) atoms. The predicted molar refractivity (Wildman–Crippen MR) is 87.4 cm³/mol. The van der Waals surface area contributed by atoms with Crippen LogP contribution < -0.4 is 0 Å². The number of benzene rings is 2. The highest BCUT2D eigenvalue weighted by Gasteiger charge is 2.14. The summed E-state index contributed by atoms with van der Waals surface area (Å²) >= 11 is 0. The molecule has 1 aliphatic rings. The van der Waals surface area contributed by atoms with Crippen molar-refractivity contribution in [3.63, 3.8) is 0 Å². The van der Waals surface area contributed by atoms with Gasteiger partial charge in [0, 0.05) is 26.2 Å². The molecule has 1 fully saturated rings. The first-order valence-electron chi connectivity index (χ1n) is 7.68. The summed E-state index contributed by atoms with van der Waals surface area (Å²) in [5, 5.41) is 2.67. The van der Waals surface area contributed by atoms with E-state index in [1.165, 1.54) is 21.9 Å². The topological polar surface area (TPSA) is 15.7 Å². The molecule has 1 aliphatic heterocycles. The lowest BCUT2D eigenvalue weighted by molar-refractivity contribution is 0.0340. The zero-order valence-electron chi connectivity index (χ0n) is 13.0. The van der Waals surface area contributed by atoms with Gasteiger partial charge in [0.2, 0.25) is 0 Å². The number of morpholine rings is 1. The molecule has 0 unspecified atom stereocenters. The van der Waals surface area contributed by atoms with Crippen LogP contribution in [0.25, 0.3) is 10.8 Å². The third kappa shape index (κ3) is 3.62. The minimum atomic E-state index is 0.858. The Balaban J connectivity index is 1.92. The number of hydrogen-bond donors (Lipinski definition) is 0. The fraction of sp³-hybridized carbons (Fsp3) is 0.444. The van der Waals surface area contributed by atoms with Crippen molar-refractivity contribution in [2.24, 2.45) is 0 Å². The number of ether oxygens (including phenoxy) is 1. The van der Waals surface area contributed by atoms with E-state index in [4.69, 9.17) is 4.74 Å². The first-order valence-corrected chi connectivity index (χ1v) is 7.68. The van der Waals surface area contributed by atoms with Gasteiger partial charge in [-0.2, -0.15) is 0 Å². The second kappa shape index (κ2) is 6.56. The van der Waals surface area contributed by atoms with Gasteiger partial charge in [-0.1, -0.05) is 24.3 Å². The van der Waals surface area contributed by atoms with Gasteiger partial charge in [0.15, 0.2) is 0 Å². The van der Waals surface area contributed by atoms with Crippen molar-refractivity contribution in [2.75, 3.05) is 40.4 Å². The highest BCUT2D eigenvalue weighted by molar-refractivity contribution is 5.84. The maximum Gasteiger partial charge on any atom is 0.0594 e. The standard InChI is InChI=1S/C18H24N2O/c1-19(2)13-17-11-15-5-3-4-6-16(15)12-18(17)14-20-7-9-21-10-8-20/h3-6,11-12H,7-10,13-14H2,1-2H3. The molecule has 0 atom stereocenters. The van der Waals surface area contributed by atoms with Gasteiger partial charge < -0.3 is 9.64 Å². The molecule has 1 saturated heterocycles. The summed E-state index contributed by atoms with van der Waals surface area (Å²) in [5.74, 6) is 0. The number of nitrogens with zero attached hydrogens (tertiary/aromatic N) is 2. The number of hydrogen-bond acceptors (Lipinski definition) is 3. The van der Waals surface area contributed by atoms with Gasteiger partial charge in [0.05, 0.1) is 13.2 Å². The molecule has 112 valence electrons. The van der Waals surface area contributed by atoms with Crippen LogP contribution in [0.2, 0.25) is 0 Å². The van der Waals surface area contributed by atoms with Crippen LogP contribution in [-0.2, 0) is 17.8 Å². The number of fused-ring (bicyclic) bond motifs is 1. The van der Waals surface area contributed by atoms with E-state index >= 15 is 0 Å². The van der Waals surface area contributed by atoms with Crippen molar-refractivity contribution in [1.29, 1.82) is 0 Å². The summed E-state index contributed by atoms with van der Waals surface area (Å²) in [6, 6.07) is 13.4. The lowest BCUT2D eigenvalue weighted by atomic mass is 10.00. The van der Waals surface area contributed by atoms with E-state index in [0.29, 0.717) is 0 Å².